The molecule has 5 nitrogen and oxygen atoms in total. The van der Waals surface area contributed by atoms with Crippen LogP contribution in [0.1, 0.15) is 25.5 Å². The van der Waals surface area contributed by atoms with E-state index in [1.165, 1.54) is 18.1 Å². The summed E-state index contributed by atoms with van der Waals surface area (Å²) in [5.74, 6) is 0.248. The number of fused-ring (bicyclic) bond motifs is 1. The van der Waals surface area contributed by atoms with Crippen molar-refractivity contribution in [2.75, 3.05) is 14.2 Å². The second-order valence-electron chi connectivity index (χ2n) is 7.11. The van der Waals surface area contributed by atoms with Crippen LogP contribution < -0.4 is 10.5 Å². The minimum atomic E-state index is -0.519. The number of primary amides is 1. The summed E-state index contributed by atoms with van der Waals surface area (Å²) >= 11 is 0. The second kappa shape index (κ2) is 7.84. The smallest absolute Gasteiger partial charge is 0.315 e. The summed E-state index contributed by atoms with van der Waals surface area (Å²) in [6, 6.07) is 13.5. The molecular formula is C22H24FN3O2. The SMILES string of the molecule is COc1nc(-c2ccc3cccc(F)c3c2)ccc1C(C(C)C)N(C)C(N)=O. The van der Waals surface area contributed by atoms with E-state index in [1.807, 2.05) is 44.2 Å². The number of urea groups is 1. The predicted molar refractivity (Wildman–Crippen MR) is 109 cm³/mol. The van der Waals surface area contributed by atoms with Crippen molar-refractivity contribution < 1.29 is 13.9 Å². The van der Waals surface area contributed by atoms with E-state index in [1.54, 1.807) is 19.2 Å². The van der Waals surface area contributed by atoms with Gasteiger partial charge in [-0.15, -0.1) is 0 Å². The quantitative estimate of drug-likeness (QED) is 0.693. The average Bonchev–Trinajstić information content (AvgIpc) is 2.68. The number of rotatable bonds is 5. The number of aromatic nitrogens is 1. The van der Waals surface area contributed by atoms with Gasteiger partial charge in [0.05, 0.1) is 18.8 Å². The minimum absolute atomic E-state index is 0.105. The van der Waals surface area contributed by atoms with Crippen LogP contribution in [0.15, 0.2) is 48.5 Å². The molecule has 1 unspecified atom stereocenters. The van der Waals surface area contributed by atoms with Gasteiger partial charge in [-0.1, -0.05) is 38.1 Å². The molecule has 1 heterocycles. The number of nitrogens with zero attached hydrogens (tertiary/aromatic N) is 2. The largest absolute Gasteiger partial charge is 0.481 e. The number of hydrogen-bond donors (Lipinski definition) is 1. The van der Waals surface area contributed by atoms with Gasteiger partial charge in [0.1, 0.15) is 5.82 Å². The van der Waals surface area contributed by atoms with E-state index in [0.717, 1.165) is 16.5 Å². The molecule has 1 atom stereocenters. The number of carbonyl (C=O) groups is 1. The van der Waals surface area contributed by atoms with Gasteiger partial charge in [-0.05, 0) is 35.6 Å². The number of carbonyl (C=O) groups excluding carboxylic acids is 1. The maximum atomic E-state index is 14.2. The van der Waals surface area contributed by atoms with Gasteiger partial charge in [0, 0.05) is 23.6 Å². The summed E-state index contributed by atoms with van der Waals surface area (Å²) in [7, 11) is 3.20. The molecule has 0 saturated heterocycles. The molecule has 0 aliphatic heterocycles. The van der Waals surface area contributed by atoms with E-state index >= 15 is 0 Å². The lowest BCUT2D eigenvalue weighted by atomic mass is 9.95. The first kappa shape index (κ1) is 19.6. The lowest BCUT2D eigenvalue weighted by Crippen LogP contribution is -2.38. The van der Waals surface area contributed by atoms with Gasteiger partial charge in [-0.25, -0.2) is 14.2 Å². The summed E-state index contributed by atoms with van der Waals surface area (Å²) < 4.78 is 19.7. The third-order valence-electron chi connectivity index (χ3n) is 4.92. The van der Waals surface area contributed by atoms with Crippen LogP contribution in [0.2, 0.25) is 0 Å². The lowest BCUT2D eigenvalue weighted by molar-refractivity contribution is 0.180. The van der Waals surface area contributed by atoms with E-state index in [-0.39, 0.29) is 17.8 Å². The molecule has 3 aromatic rings. The van der Waals surface area contributed by atoms with Crippen LogP contribution in [0.25, 0.3) is 22.0 Å². The zero-order valence-electron chi connectivity index (χ0n) is 16.4. The highest BCUT2D eigenvalue weighted by Gasteiger charge is 2.27. The van der Waals surface area contributed by atoms with Crippen molar-refractivity contribution in [3.05, 3.63) is 59.9 Å². The topological polar surface area (TPSA) is 68.4 Å². The van der Waals surface area contributed by atoms with Crippen LogP contribution in [0.5, 0.6) is 5.88 Å². The van der Waals surface area contributed by atoms with Crippen molar-refractivity contribution in [2.24, 2.45) is 11.7 Å². The van der Waals surface area contributed by atoms with Crippen molar-refractivity contribution in [3.63, 3.8) is 0 Å². The van der Waals surface area contributed by atoms with Crippen molar-refractivity contribution >= 4 is 16.8 Å². The van der Waals surface area contributed by atoms with Gasteiger partial charge in [0.25, 0.3) is 0 Å². The minimum Gasteiger partial charge on any atom is -0.481 e. The van der Waals surface area contributed by atoms with Crippen LogP contribution >= 0.6 is 0 Å². The van der Waals surface area contributed by atoms with E-state index < -0.39 is 6.03 Å². The van der Waals surface area contributed by atoms with Gasteiger partial charge >= 0.3 is 6.03 Å². The molecular weight excluding hydrogens is 357 g/mol. The van der Waals surface area contributed by atoms with Crippen LogP contribution in [-0.2, 0) is 0 Å². The Morgan fingerprint density at radius 2 is 1.93 bits per heavy atom. The number of nitrogens with two attached hydrogens (primary N) is 1. The number of benzene rings is 2. The normalized spacial score (nSPS) is 12.2. The molecule has 2 aromatic carbocycles. The monoisotopic (exact) mass is 381 g/mol. The van der Waals surface area contributed by atoms with Crippen molar-refractivity contribution in [1.82, 2.24) is 9.88 Å². The van der Waals surface area contributed by atoms with Crippen molar-refractivity contribution in [3.8, 4) is 17.1 Å². The molecule has 0 aliphatic rings. The average molecular weight is 381 g/mol. The van der Waals surface area contributed by atoms with Crippen LogP contribution in [-0.4, -0.2) is 30.1 Å². The Hall–Kier alpha value is -3.15. The Labute approximate surface area is 163 Å². The fraction of sp³-hybridized carbons (Fsp3) is 0.273. The molecule has 3 rings (SSSR count). The Bertz CT molecular complexity index is 1020. The third kappa shape index (κ3) is 3.63. The third-order valence-corrected chi connectivity index (χ3v) is 4.92. The molecule has 0 bridgehead atoms. The highest BCUT2D eigenvalue weighted by atomic mass is 19.1. The van der Waals surface area contributed by atoms with Crippen LogP contribution in [0.4, 0.5) is 9.18 Å². The van der Waals surface area contributed by atoms with E-state index in [0.29, 0.717) is 17.0 Å². The molecule has 2 amide bonds. The Morgan fingerprint density at radius 1 is 1.18 bits per heavy atom. The molecule has 2 N–H and O–H groups in total. The molecule has 28 heavy (non-hydrogen) atoms. The van der Waals surface area contributed by atoms with Gasteiger partial charge in [0.15, 0.2) is 0 Å². The van der Waals surface area contributed by atoms with Crippen LogP contribution in [0, 0.1) is 11.7 Å². The fourth-order valence-electron chi connectivity index (χ4n) is 3.55. The first-order chi connectivity index (χ1) is 13.3. The second-order valence-corrected chi connectivity index (χ2v) is 7.11. The standard InChI is InChI=1S/C22H24FN3O2/c1-13(2)20(26(3)22(24)27)16-10-11-19(25-21(16)28-4)15-9-8-14-6-5-7-18(23)17(14)12-15/h5-13,20H,1-4H3,(H2,24,27). The highest BCUT2D eigenvalue weighted by Crippen LogP contribution is 2.35. The Morgan fingerprint density at radius 3 is 2.57 bits per heavy atom. The molecule has 0 aliphatic carbocycles. The lowest BCUT2D eigenvalue weighted by Gasteiger charge is -2.31. The van der Waals surface area contributed by atoms with E-state index in [9.17, 15) is 9.18 Å². The van der Waals surface area contributed by atoms with Crippen molar-refractivity contribution in [1.29, 1.82) is 0 Å². The molecule has 0 spiro atoms. The van der Waals surface area contributed by atoms with Gasteiger partial charge in [-0.3, -0.25) is 0 Å². The number of methoxy groups -OCH3 is 1. The summed E-state index contributed by atoms with van der Waals surface area (Å²) in [6.07, 6.45) is 0. The summed E-state index contributed by atoms with van der Waals surface area (Å²) in [6.45, 7) is 4.01. The fourth-order valence-corrected chi connectivity index (χ4v) is 3.55. The zero-order valence-corrected chi connectivity index (χ0v) is 16.4. The molecule has 1 aromatic heterocycles. The first-order valence-electron chi connectivity index (χ1n) is 9.09. The highest BCUT2D eigenvalue weighted by molar-refractivity contribution is 5.87. The molecule has 146 valence electrons. The van der Waals surface area contributed by atoms with Crippen molar-refractivity contribution in [2.45, 2.75) is 19.9 Å². The zero-order chi connectivity index (χ0) is 20.4. The number of halogens is 1. The molecule has 0 fully saturated rings. The molecule has 0 saturated carbocycles. The number of hydrogen-bond acceptors (Lipinski definition) is 3. The van der Waals surface area contributed by atoms with E-state index in [4.69, 9.17) is 10.5 Å². The maximum Gasteiger partial charge on any atom is 0.315 e. The van der Waals surface area contributed by atoms with E-state index in [2.05, 4.69) is 4.98 Å². The number of amides is 2. The Balaban J connectivity index is 2.08. The van der Waals surface area contributed by atoms with Gasteiger partial charge in [0.2, 0.25) is 5.88 Å². The summed E-state index contributed by atoms with van der Waals surface area (Å²) in [5, 5.41) is 1.37. The molecule has 6 heteroatoms. The summed E-state index contributed by atoms with van der Waals surface area (Å²) in [4.78, 5) is 17.8. The summed E-state index contributed by atoms with van der Waals surface area (Å²) in [5.41, 5.74) is 7.70. The van der Waals surface area contributed by atoms with Gasteiger partial charge < -0.3 is 15.4 Å². The number of pyridine rings is 1. The Kier molecular flexibility index (Phi) is 5.49. The van der Waals surface area contributed by atoms with Crippen LogP contribution in [0.3, 0.4) is 0 Å². The predicted octanol–water partition coefficient (Wildman–Crippen LogP) is 4.76. The number of ether oxygens (including phenoxy) is 1. The van der Waals surface area contributed by atoms with Gasteiger partial charge in [-0.2, -0.15) is 0 Å². The molecule has 0 radical (unpaired) electrons. The first-order valence-corrected chi connectivity index (χ1v) is 9.09. The maximum absolute atomic E-state index is 14.2.